The number of ether oxygens (including phenoxy) is 5. The van der Waals surface area contributed by atoms with E-state index in [2.05, 4.69) is 32.6 Å². The average molecular weight is 1210 g/mol. The molecule has 2 heterocycles. The lowest BCUT2D eigenvalue weighted by Crippen LogP contribution is -2.42. The van der Waals surface area contributed by atoms with E-state index in [-0.39, 0.29) is 31.0 Å². The summed E-state index contributed by atoms with van der Waals surface area (Å²) in [6.07, 6.45) is 1.05. The van der Waals surface area contributed by atoms with E-state index in [1.165, 1.54) is 24.3 Å². The molecule has 0 bridgehead atoms. The van der Waals surface area contributed by atoms with E-state index in [1.807, 2.05) is 55.4 Å². The highest BCUT2D eigenvalue weighted by Gasteiger charge is 2.37. The maximum absolute atomic E-state index is 12.9. The minimum atomic E-state index is -4.39. The number of nitrogens with zero attached hydrogens (tertiary/aromatic N) is 2. The van der Waals surface area contributed by atoms with Crippen molar-refractivity contribution >= 4 is 34.5 Å². The van der Waals surface area contributed by atoms with Gasteiger partial charge in [-0.3, -0.25) is 0 Å². The third-order valence-corrected chi connectivity index (χ3v) is 13.7. The molecule has 2 aromatic carbocycles. The predicted octanol–water partition coefficient (Wildman–Crippen LogP) is 15.2. The van der Waals surface area contributed by atoms with Gasteiger partial charge in [0.2, 0.25) is 11.8 Å². The van der Waals surface area contributed by atoms with Crippen LogP contribution in [0, 0.1) is 23.7 Å². The lowest BCUT2D eigenvalue weighted by Gasteiger charge is -2.33. The zero-order chi connectivity index (χ0) is 57.6. The van der Waals surface area contributed by atoms with Crippen LogP contribution in [0.3, 0.4) is 0 Å². The molecule has 0 aliphatic heterocycles. The van der Waals surface area contributed by atoms with Gasteiger partial charge in [-0.2, -0.15) is 26.3 Å². The van der Waals surface area contributed by atoms with Crippen molar-refractivity contribution in [2.75, 3.05) is 26.4 Å². The molecule has 2 saturated carbocycles. The molecule has 2 aliphatic rings. The highest BCUT2D eigenvalue weighted by atomic mass is 127. The Labute approximate surface area is 464 Å². The molecular weight excluding hydrogens is 1130 g/mol. The average Bonchev–Trinajstić information content (AvgIpc) is 3.99. The fourth-order valence-electron chi connectivity index (χ4n) is 8.71. The summed E-state index contributed by atoms with van der Waals surface area (Å²) >= 11 is 2.18. The van der Waals surface area contributed by atoms with E-state index in [0.29, 0.717) is 89.2 Å². The predicted molar refractivity (Wildman–Crippen MR) is 290 cm³/mol. The number of aliphatic hydroxyl groups is 1. The fourth-order valence-corrected chi connectivity index (χ4v) is 9.30. The lowest BCUT2D eigenvalue weighted by atomic mass is 9.82. The molecule has 77 heavy (non-hydrogen) atoms. The third-order valence-electron chi connectivity index (χ3n) is 13.0. The van der Waals surface area contributed by atoms with Gasteiger partial charge in [0.1, 0.15) is 28.4 Å². The molecular formula is C58H81F6IN2O10. The molecule has 2 aliphatic carbocycles. The van der Waals surface area contributed by atoms with Gasteiger partial charge in [-0.1, -0.05) is 49.3 Å². The summed E-state index contributed by atoms with van der Waals surface area (Å²) in [5.74, 6) is 2.95. The Hall–Kier alpha value is -4.05. The summed E-state index contributed by atoms with van der Waals surface area (Å²) in [6, 6.07) is 9.62. The lowest BCUT2D eigenvalue weighted by molar-refractivity contribution is -0.182. The Kier molecular flexibility index (Phi) is 24.1. The molecule has 4 aromatic rings. The van der Waals surface area contributed by atoms with Crippen molar-refractivity contribution in [2.45, 2.75) is 193 Å². The van der Waals surface area contributed by atoms with Crippen LogP contribution in [0.4, 0.5) is 26.3 Å². The largest absolute Gasteiger partial charge is 0.458 e. The molecule has 6 rings (SSSR count). The van der Waals surface area contributed by atoms with Crippen LogP contribution in [-0.4, -0.2) is 75.8 Å². The zero-order valence-corrected chi connectivity index (χ0v) is 49.1. The molecule has 0 amide bonds. The molecule has 4 atom stereocenters. The Balaban J connectivity index is 0.000000275. The first-order valence-electron chi connectivity index (χ1n) is 26.6. The highest BCUT2D eigenvalue weighted by Crippen LogP contribution is 2.35. The van der Waals surface area contributed by atoms with Crippen molar-refractivity contribution in [3.8, 4) is 22.9 Å². The van der Waals surface area contributed by atoms with E-state index in [1.54, 1.807) is 27.7 Å². The Morgan fingerprint density at radius 1 is 0.584 bits per heavy atom. The number of rotatable bonds is 18. The maximum atomic E-state index is 12.9. The van der Waals surface area contributed by atoms with Crippen LogP contribution in [0.5, 0.6) is 0 Å². The van der Waals surface area contributed by atoms with Gasteiger partial charge in [-0.05, 0) is 180 Å². The first kappa shape index (κ1) is 65.5. The SMILES string of the molecule is CC(C)(C)OC(=O)C(C)(C)OC[C@H]1CCC[C@@H](CO)C1.CCc1oc(-c2ccc(C(F)(F)F)cc2)nc1CI.CCc1oc(-c2ccc(C(F)(F)F)cc2)nc1COC[C@@H]1CCC[C@H](COC(C)(C)C(=O)OC(C)(C)C)C1. The van der Waals surface area contributed by atoms with Crippen molar-refractivity contribution in [2.24, 2.45) is 23.7 Å². The van der Waals surface area contributed by atoms with E-state index < -0.39 is 45.9 Å². The third kappa shape index (κ3) is 21.5. The van der Waals surface area contributed by atoms with Crippen molar-refractivity contribution in [3.05, 3.63) is 82.6 Å². The number of aryl methyl sites for hydroxylation is 2. The van der Waals surface area contributed by atoms with Gasteiger partial charge >= 0.3 is 24.3 Å². The molecule has 0 unspecified atom stereocenters. The van der Waals surface area contributed by atoms with Crippen LogP contribution < -0.4 is 0 Å². The minimum absolute atomic E-state index is 0.256. The van der Waals surface area contributed by atoms with E-state index in [4.69, 9.17) is 32.5 Å². The fraction of sp³-hybridized carbons (Fsp3) is 0.655. The summed E-state index contributed by atoms with van der Waals surface area (Å²) < 4.78 is 117. The number of hydrogen-bond acceptors (Lipinski definition) is 12. The van der Waals surface area contributed by atoms with Gasteiger partial charge in [0.25, 0.3) is 0 Å². The second-order valence-corrected chi connectivity index (χ2v) is 23.7. The number of oxazole rings is 2. The summed E-state index contributed by atoms with van der Waals surface area (Å²) in [7, 11) is 0. The highest BCUT2D eigenvalue weighted by molar-refractivity contribution is 14.1. The van der Waals surface area contributed by atoms with Crippen LogP contribution >= 0.6 is 22.6 Å². The van der Waals surface area contributed by atoms with E-state index in [9.17, 15) is 41.0 Å². The standard InChI is InChI=1S/C29H40F3NO5.C16H30O4.C13H11F3INO/c1-7-24-23(33-25(37-24)21-11-13-22(14-12-21)29(30,31)32)18-35-16-19-9-8-10-20(15-19)17-36-28(5,6)26(34)38-27(2,3)4;1-15(2,3)20-14(18)16(4,5)19-11-13-8-6-7-12(9-13)10-17;1-2-11-10(7-17)18-12(19-11)8-3-5-9(6-4-8)13(14,15)16/h11-14,19-20H,7-10,15-18H2,1-6H3;12-13,17H,6-11H2,1-5H3;3-6H,2,7H2,1H3/t19-,20+;12-,13+;/m11./s1. The van der Waals surface area contributed by atoms with Gasteiger partial charge in [-0.15, -0.1) is 0 Å². The topological polar surface area (TPSA) is 153 Å². The van der Waals surface area contributed by atoms with E-state index >= 15 is 0 Å². The monoisotopic (exact) mass is 1210 g/mol. The van der Waals surface area contributed by atoms with Crippen LogP contribution in [0.1, 0.15) is 168 Å². The van der Waals surface area contributed by atoms with Crippen LogP contribution in [0.25, 0.3) is 22.9 Å². The normalized spacial score (nSPS) is 18.6. The van der Waals surface area contributed by atoms with Crippen molar-refractivity contribution in [1.82, 2.24) is 9.97 Å². The van der Waals surface area contributed by atoms with Gasteiger partial charge in [0.05, 0.1) is 36.6 Å². The number of hydrogen-bond donors (Lipinski definition) is 1. The first-order valence-corrected chi connectivity index (χ1v) is 28.1. The molecule has 0 saturated heterocycles. The Bertz CT molecular complexity index is 2420. The number of aliphatic hydroxyl groups excluding tert-OH is 1. The number of halogens is 7. The number of esters is 2. The molecule has 2 fully saturated rings. The number of aromatic nitrogens is 2. The molecule has 0 radical (unpaired) electrons. The maximum Gasteiger partial charge on any atom is 0.416 e. The van der Waals surface area contributed by atoms with Gasteiger partial charge in [0, 0.05) is 41.6 Å². The second-order valence-electron chi connectivity index (χ2n) is 22.9. The quantitative estimate of drug-likeness (QED) is 0.0437. The zero-order valence-electron chi connectivity index (χ0n) is 46.9. The molecule has 19 heteroatoms. The smallest absolute Gasteiger partial charge is 0.416 e. The summed E-state index contributed by atoms with van der Waals surface area (Å²) in [6.45, 7) is 24.1. The van der Waals surface area contributed by atoms with Gasteiger partial charge < -0.3 is 37.6 Å². The molecule has 2 aromatic heterocycles. The van der Waals surface area contributed by atoms with Gasteiger partial charge in [-0.25, -0.2) is 19.6 Å². The number of carbonyl (C=O) groups is 2. The summed E-state index contributed by atoms with van der Waals surface area (Å²) in [5, 5.41) is 9.24. The second kappa shape index (κ2) is 28.4. The summed E-state index contributed by atoms with van der Waals surface area (Å²) in [5.41, 5.74) is -1.82. The van der Waals surface area contributed by atoms with Crippen molar-refractivity contribution in [1.29, 1.82) is 0 Å². The summed E-state index contributed by atoms with van der Waals surface area (Å²) in [4.78, 5) is 33.4. The molecule has 12 nitrogen and oxygen atoms in total. The molecule has 1 N–H and O–H groups in total. The Morgan fingerprint density at radius 3 is 1.30 bits per heavy atom. The number of carbonyl (C=O) groups excluding carboxylic acids is 2. The number of alkyl halides is 7. The Morgan fingerprint density at radius 2 is 0.948 bits per heavy atom. The van der Waals surface area contributed by atoms with Crippen molar-refractivity contribution < 1.29 is 73.6 Å². The number of benzene rings is 2. The van der Waals surface area contributed by atoms with Gasteiger partial charge in [0.15, 0.2) is 11.2 Å². The van der Waals surface area contributed by atoms with Crippen LogP contribution in [0.15, 0.2) is 57.4 Å². The van der Waals surface area contributed by atoms with Crippen molar-refractivity contribution in [3.63, 3.8) is 0 Å². The van der Waals surface area contributed by atoms with Crippen LogP contribution in [0.2, 0.25) is 0 Å². The molecule has 0 spiro atoms. The van der Waals surface area contributed by atoms with Crippen LogP contribution in [-0.2, 0) is 69.5 Å². The first-order chi connectivity index (χ1) is 35.8. The molecule has 432 valence electrons. The minimum Gasteiger partial charge on any atom is -0.458 e. The van der Waals surface area contributed by atoms with E-state index in [0.717, 1.165) is 87.1 Å².